The van der Waals surface area contributed by atoms with E-state index in [1.54, 1.807) is 25.3 Å². The maximum atomic E-state index is 13.0. The number of carbonyl (C=O) groups is 1. The van der Waals surface area contributed by atoms with Crippen LogP contribution < -0.4 is 14.8 Å². The van der Waals surface area contributed by atoms with E-state index in [4.69, 9.17) is 13.9 Å². The van der Waals surface area contributed by atoms with Gasteiger partial charge in [-0.05, 0) is 49.9 Å². The lowest BCUT2D eigenvalue weighted by atomic mass is 10.1. The predicted octanol–water partition coefficient (Wildman–Crippen LogP) is 3.99. The van der Waals surface area contributed by atoms with Gasteiger partial charge in [0.15, 0.2) is 23.1 Å². The van der Waals surface area contributed by atoms with Crippen LogP contribution in [0.1, 0.15) is 34.6 Å². The molecule has 1 aromatic carbocycles. The van der Waals surface area contributed by atoms with Gasteiger partial charge in [0.2, 0.25) is 6.79 Å². The van der Waals surface area contributed by atoms with Gasteiger partial charge in [-0.25, -0.2) is 9.97 Å². The van der Waals surface area contributed by atoms with Crippen LogP contribution in [0.5, 0.6) is 11.5 Å². The molecule has 3 aromatic rings. The van der Waals surface area contributed by atoms with Gasteiger partial charge in [0.05, 0.1) is 23.6 Å². The number of rotatable bonds is 5. The molecule has 1 aliphatic rings. The van der Waals surface area contributed by atoms with E-state index >= 15 is 0 Å². The number of aromatic nitrogens is 2. The van der Waals surface area contributed by atoms with Crippen LogP contribution in [0.3, 0.4) is 0 Å². The summed E-state index contributed by atoms with van der Waals surface area (Å²) in [6.07, 6.45) is 3.45. The Bertz CT molecular complexity index is 1020. The quantitative estimate of drug-likeness (QED) is 0.515. The van der Waals surface area contributed by atoms with Gasteiger partial charge in [0.1, 0.15) is 5.03 Å². The highest BCUT2D eigenvalue weighted by atomic mass is 32.2. The summed E-state index contributed by atoms with van der Waals surface area (Å²) in [5.74, 6) is 2.21. The second kappa shape index (κ2) is 7.55. The van der Waals surface area contributed by atoms with E-state index in [2.05, 4.69) is 15.3 Å². The first-order chi connectivity index (χ1) is 13.6. The second-order valence-electron chi connectivity index (χ2n) is 6.30. The van der Waals surface area contributed by atoms with Crippen LogP contribution in [-0.4, -0.2) is 28.9 Å². The molecular weight excluding hydrogens is 378 g/mol. The van der Waals surface area contributed by atoms with Crippen molar-refractivity contribution in [1.29, 1.82) is 0 Å². The monoisotopic (exact) mass is 397 g/mol. The third-order valence-corrected chi connectivity index (χ3v) is 5.15. The summed E-state index contributed by atoms with van der Waals surface area (Å²) in [6, 6.07) is 8.99. The van der Waals surface area contributed by atoms with E-state index < -0.39 is 0 Å². The van der Waals surface area contributed by atoms with Crippen LogP contribution in [-0.2, 0) is 0 Å². The number of thioether (sulfide) groups is 1. The lowest BCUT2D eigenvalue weighted by Crippen LogP contribution is -2.28. The smallest absolute Gasteiger partial charge is 0.256 e. The second-order valence-corrected chi connectivity index (χ2v) is 7.10. The number of carbonyl (C=O) groups excluding carboxylic acids is 1. The zero-order chi connectivity index (χ0) is 19.7. The number of benzene rings is 1. The minimum Gasteiger partial charge on any atom is -0.461 e. The Morgan fingerprint density at radius 3 is 2.79 bits per heavy atom. The highest BCUT2D eigenvalue weighted by Gasteiger charge is 2.22. The third-order valence-electron chi connectivity index (χ3n) is 4.46. The Morgan fingerprint density at radius 1 is 1.21 bits per heavy atom. The zero-order valence-corrected chi connectivity index (χ0v) is 16.5. The number of amides is 1. The van der Waals surface area contributed by atoms with E-state index in [9.17, 15) is 4.79 Å². The molecule has 0 unspecified atom stereocenters. The Kier molecular flexibility index (Phi) is 4.95. The van der Waals surface area contributed by atoms with Gasteiger partial charge >= 0.3 is 0 Å². The van der Waals surface area contributed by atoms with Crippen molar-refractivity contribution in [3.63, 3.8) is 0 Å². The maximum Gasteiger partial charge on any atom is 0.256 e. The maximum absolute atomic E-state index is 13.0. The first kappa shape index (κ1) is 18.4. The Labute approximate surface area is 166 Å². The predicted molar refractivity (Wildman–Crippen MR) is 105 cm³/mol. The van der Waals surface area contributed by atoms with E-state index in [0.29, 0.717) is 39.4 Å². The van der Waals surface area contributed by atoms with Crippen LogP contribution in [0.15, 0.2) is 46.0 Å². The molecule has 4 rings (SSSR count). The molecule has 1 aliphatic heterocycles. The van der Waals surface area contributed by atoms with Crippen molar-refractivity contribution < 1.29 is 18.7 Å². The molecular formula is C20H19N3O4S. The lowest BCUT2D eigenvalue weighted by Gasteiger charge is -2.17. The van der Waals surface area contributed by atoms with Crippen molar-refractivity contribution in [2.75, 3.05) is 13.0 Å². The molecule has 0 fully saturated rings. The number of hydrogen-bond acceptors (Lipinski definition) is 7. The SMILES string of the molecule is CSc1nc(-c2ccco2)nc(C)c1C(=O)N[C@H](C)c1ccc2c(c1)OCO2. The summed E-state index contributed by atoms with van der Waals surface area (Å²) in [5.41, 5.74) is 1.99. The third kappa shape index (κ3) is 3.43. The molecule has 0 saturated carbocycles. The molecule has 1 atom stereocenters. The van der Waals surface area contributed by atoms with E-state index in [1.165, 1.54) is 11.8 Å². The van der Waals surface area contributed by atoms with E-state index in [-0.39, 0.29) is 18.7 Å². The van der Waals surface area contributed by atoms with Crippen molar-refractivity contribution in [2.45, 2.75) is 24.9 Å². The average molecular weight is 397 g/mol. The van der Waals surface area contributed by atoms with E-state index in [1.807, 2.05) is 31.4 Å². The fourth-order valence-electron chi connectivity index (χ4n) is 3.01. The van der Waals surface area contributed by atoms with Crippen LogP contribution in [0, 0.1) is 6.92 Å². The van der Waals surface area contributed by atoms with Crippen molar-refractivity contribution in [1.82, 2.24) is 15.3 Å². The molecule has 0 aliphatic carbocycles. The largest absolute Gasteiger partial charge is 0.461 e. The molecule has 1 N–H and O–H groups in total. The molecule has 8 heteroatoms. The van der Waals surface area contributed by atoms with Gasteiger partial charge in [-0.15, -0.1) is 11.8 Å². The van der Waals surface area contributed by atoms with Gasteiger partial charge in [-0.1, -0.05) is 6.07 Å². The Balaban J connectivity index is 1.59. The fraction of sp³-hybridized carbons (Fsp3) is 0.250. The minimum absolute atomic E-state index is 0.217. The summed E-state index contributed by atoms with van der Waals surface area (Å²) >= 11 is 1.40. The van der Waals surface area contributed by atoms with Gasteiger partial charge in [-0.3, -0.25) is 4.79 Å². The van der Waals surface area contributed by atoms with Crippen molar-refractivity contribution >= 4 is 17.7 Å². The summed E-state index contributed by atoms with van der Waals surface area (Å²) in [6.45, 7) is 3.94. The fourth-order valence-corrected chi connectivity index (χ4v) is 3.63. The lowest BCUT2D eigenvalue weighted by molar-refractivity contribution is 0.0935. The van der Waals surface area contributed by atoms with Crippen LogP contribution in [0.4, 0.5) is 0 Å². The molecule has 2 aromatic heterocycles. The normalized spacial score (nSPS) is 13.4. The highest BCUT2D eigenvalue weighted by molar-refractivity contribution is 7.98. The summed E-state index contributed by atoms with van der Waals surface area (Å²) in [4.78, 5) is 21.9. The first-order valence-electron chi connectivity index (χ1n) is 8.73. The van der Waals surface area contributed by atoms with Gasteiger partial charge in [0, 0.05) is 0 Å². The summed E-state index contributed by atoms with van der Waals surface area (Å²) < 4.78 is 16.1. The standard InChI is InChI=1S/C20H19N3O4S/c1-11(13-6-7-14-16(9-13)27-10-26-14)22-19(24)17-12(2)21-18(23-20(17)28-3)15-5-4-8-25-15/h4-9,11H,10H2,1-3H3,(H,22,24)/t11-/m1/s1. The molecule has 0 saturated heterocycles. The number of fused-ring (bicyclic) bond motifs is 1. The first-order valence-corrected chi connectivity index (χ1v) is 9.96. The van der Waals surface area contributed by atoms with Gasteiger partial charge in [0.25, 0.3) is 5.91 Å². The van der Waals surface area contributed by atoms with Crippen LogP contribution >= 0.6 is 11.8 Å². The van der Waals surface area contributed by atoms with Gasteiger partial charge in [-0.2, -0.15) is 0 Å². The molecule has 144 valence electrons. The summed E-state index contributed by atoms with van der Waals surface area (Å²) in [5, 5.41) is 3.63. The molecule has 0 radical (unpaired) electrons. The topological polar surface area (TPSA) is 86.5 Å². The number of furan rings is 1. The van der Waals surface area contributed by atoms with Crippen LogP contribution in [0.25, 0.3) is 11.6 Å². The number of nitrogens with one attached hydrogen (secondary N) is 1. The molecule has 0 bridgehead atoms. The number of aryl methyl sites for hydroxylation is 1. The van der Waals surface area contributed by atoms with Gasteiger partial charge < -0.3 is 19.2 Å². The number of nitrogens with zero attached hydrogens (tertiary/aromatic N) is 2. The molecule has 7 nitrogen and oxygen atoms in total. The number of hydrogen-bond donors (Lipinski definition) is 1. The highest BCUT2D eigenvalue weighted by Crippen LogP contribution is 2.34. The molecule has 0 spiro atoms. The average Bonchev–Trinajstić information content (AvgIpc) is 3.38. The summed E-state index contributed by atoms with van der Waals surface area (Å²) in [7, 11) is 0. The molecule has 28 heavy (non-hydrogen) atoms. The van der Waals surface area contributed by atoms with Crippen LogP contribution in [0.2, 0.25) is 0 Å². The molecule has 1 amide bonds. The van der Waals surface area contributed by atoms with Crippen molar-refractivity contribution in [2.24, 2.45) is 0 Å². The molecule has 3 heterocycles. The zero-order valence-electron chi connectivity index (χ0n) is 15.7. The number of ether oxygens (including phenoxy) is 2. The Morgan fingerprint density at radius 2 is 2.04 bits per heavy atom. The Hall–Kier alpha value is -3.00. The van der Waals surface area contributed by atoms with E-state index in [0.717, 1.165) is 5.56 Å². The minimum atomic E-state index is -0.224. The van der Waals surface area contributed by atoms with Crippen molar-refractivity contribution in [3.05, 3.63) is 53.4 Å². The van der Waals surface area contributed by atoms with Crippen molar-refractivity contribution in [3.8, 4) is 23.1 Å².